The topological polar surface area (TPSA) is 29.1 Å². The van der Waals surface area contributed by atoms with Gasteiger partial charge in [0.25, 0.3) is 0 Å². The van der Waals surface area contributed by atoms with Crippen molar-refractivity contribution in [2.24, 2.45) is 0 Å². The highest BCUT2D eigenvalue weighted by Gasteiger charge is 2.00. The van der Waals surface area contributed by atoms with E-state index in [1.807, 2.05) is 54.6 Å². The molecule has 0 aliphatic heterocycles. The summed E-state index contributed by atoms with van der Waals surface area (Å²) >= 11 is 4.27. The number of para-hydroxylation sites is 1. The quantitative estimate of drug-likeness (QED) is 0.636. The number of benzene rings is 2. The van der Waals surface area contributed by atoms with Gasteiger partial charge in [-0.15, -0.1) is 12.6 Å². The molecule has 0 fully saturated rings. The average molecular weight is 255 g/mol. The lowest BCUT2D eigenvalue weighted by molar-refractivity contribution is -0.111. The maximum absolute atomic E-state index is 11.7. The first-order chi connectivity index (χ1) is 8.75. The molecular formula is C15H13NOS. The molecule has 2 aromatic carbocycles. The summed E-state index contributed by atoms with van der Waals surface area (Å²) in [5.74, 6) is -0.166. The van der Waals surface area contributed by atoms with Gasteiger partial charge in [-0.1, -0.05) is 42.5 Å². The molecule has 0 unspecified atom stereocenters. The lowest BCUT2D eigenvalue weighted by atomic mass is 10.2. The van der Waals surface area contributed by atoms with Crippen LogP contribution < -0.4 is 5.32 Å². The first-order valence-corrected chi connectivity index (χ1v) is 6.02. The molecule has 0 spiro atoms. The third-order valence-electron chi connectivity index (χ3n) is 2.39. The number of anilines is 1. The van der Waals surface area contributed by atoms with Crippen LogP contribution in [-0.2, 0) is 4.79 Å². The maximum Gasteiger partial charge on any atom is 0.248 e. The third-order valence-corrected chi connectivity index (χ3v) is 2.78. The van der Waals surface area contributed by atoms with Crippen LogP contribution in [0.15, 0.2) is 65.6 Å². The van der Waals surface area contributed by atoms with Crippen LogP contribution in [0, 0.1) is 0 Å². The first-order valence-electron chi connectivity index (χ1n) is 5.58. The lowest BCUT2D eigenvalue weighted by Gasteiger charge is -2.04. The van der Waals surface area contributed by atoms with E-state index in [0.29, 0.717) is 5.69 Å². The van der Waals surface area contributed by atoms with Gasteiger partial charge in [-0.25, -0.2) is 0 Å². The Morgan fingerprint density at radius 2 is 1.67 bits per heavy atom. The minimum atomic E-state index is -0.166. The second-order valence-corrected chi connectivity index (χ2v) is 4.23. The molecule has 0 heterocycles. The van der Waals surface area contributed by atoms with Gasteiger partial charge in [0.15, 0.2) is 0 Å². The molecule has 3 heteroatoms. The van der Waals surface area contributed by atoms with Crippen molar-refractivity contribution in [3.8, 4) is 0 Å². The Labute approximate surface area is 112 Å². The van der Waals surface area contributed by atoms with Gasteiger partial charge in [-0.2, -0.15) is 0 Å². The number of hydrogen-bond acceptors (Lipinski definition) is 2. The van der Waals surface area contributed by atoms with Gasteiger partial charge in [0.05, 0.1) is 5.69 Å². The zero-order valence-corrected chi connectivity index (χ0v) is 10.6. The molecule has 0 radical (unpaired) electrons. The minimum absolute atomic E-state index is 0.166. The SMILES string of the molecule is O=C(C=Cc1ccccc1)Nc1ccccc1S. The standard InChI is InChI=1S/C15H13NOS/c17-15(11-10-12-6-2-1-3-7-12)16-13-8-4-5-9-14(13)18/h1-11,18H,(H,16,17). The summed E-state index contributed by atoms with van der Waals surface area (Å²) in [5.41, 5.74) is 1.70. The van der Waals surface area contributed by atoms with Crippen molar-refractivity contribution in [2.45, 2.75) is 4.90 Å². The number of carbonyl (C=O) groups is 1. The van der Waals surface area contributed by atoms with E-state index < -0.39 is 0 Å². The van der Waals surface area contributed by atoms with E-state index in [4.69, 9.17) is 0 Å². The van der Waals surface area contributed by atoms with Gasteiger partial charge in [-0.3, -0.25) is 4.79 Å². The van der Waals surface area contributed by atoms with E-state index in [-0.39, 0.29) is 5.91 Å². The zero-order valence-electron chi connectivity index (χ0n) is 9.71. The summed E-state index contributed by atoms with van der Waals surface area (Å²) in [6.07, 6.45) is 3.28. The highest BCUT2D eigenvalue weighted by Crippen LogP contribution is 2.18. The fraction of sp³-hybridized carbons (Fsp3) is 0. The number of nitrogens with one attached hydrogen (secondary N) is 1. The summed E-state index contributed by atoms with van der Waals surface area (Å²) in [6, 6.07) is 17.1. The van der Waals surface area contributed by atoms with Crippen molar-refractivity contribution in [1.82, 2.24) is 0 Å². The largest absolute Gasteiger partial charge is 0.321 e. The monoisotopic (exact) mass is 255 g/mol. The number of thiol groups is 1. The molecule has 1 N–H and O–H groups in total. The van der Waals surface area contributed by atoms with E-state index in [0.717, 1.165) is 10.5 Å². The molecule has 2 aromatic rings. The Hall–Kier alpha value is -2.00. The van der Waals surface area contributed by atoms with Gasteiger partial charge in [0.1, 0.15) is 0 Å². The van der Waals surface area contributed by atoms with Crippen molar-refractivity contribution in [3.63, 3.8) is 0 Å². The fourth-order valence-electron chi connectivity index (χ4n) is 1.49. The van der Waals surface area contributed by atoms with E-state index in [1.54, 1.807) is 6.08 Å². The van der Waals surface area contributed by atoms with Gasteiger partial charge in [-0.05, 0) is 23.8 Å². The fourth-order valence-corrected chi connectivity index (χ4v) is 1.71. The van der Waals surface area contributed by atoms with Gasteiger partial charge in [0.2, 0.25) is 5.91 Å². The smallest absolute Gasteiger partial charge is 0.248 e. The Morgan fingerprint density at radius 1 is 1.00 bits per heavy atom. The Bertz CT molecular complexity index is 564. The lowest BCUT2D eigenvalue weighted by Crippen LogP contribution is -2.08. The summed E-state index contributed by atoms with van der Waals surface area (Å²) in [5, 5.41) is 2.78. The molecule has 0 saturated carbocycles. The molecular weight excluding hydrogens is 242 g/mol. The molecule has 0 bridgehead atoms. The van der Waals surface area contributed by atoms with Crippen LogP contribution in [0.3, 0.4) is 0 Å². The number of amides is 1. The molecule has 2 nitrogen and oxygen atoms in total. The van der Waals surface area contributed by atoms with Crippen LogP contribution in [0.1, 0.15) is 5.56 Å². The highest BCUT2D eigenvalue weighted by atomic mass is 32.1. The highest BCUT2D eigenvalue weighted by molar-refractivity contribution is 7.80. The molecule has 2 rings (SSSR count). The molecule has 1 amide bonds. The minimum Gasteiger partial charge on any atom is -0.321 e. The first kappa shape index (κ1) is 12.5. The number of carbonyl (C=O) groups excluding carboxylic acids is 1. The van der Waals surface area contributed by atoms with Gasteiger partial charge in [0, 0.05) is 11.0 Å². The van der Waals surface area contributed by atoms with Crippen molar-refractivity contribution < 1.29 is 4.79 Å². The molecule has 0 saturated heterocycles. The van der Waals surface area contributed by atoms with E-state index in [1.165, 1.54) is 6.08 Å². The summed E-state index contributed by atoms with van der Waals surface area (Å²) in [4.78, 5) is 12.5. The maximum atomic E-state index is 11.7. The van der Waals surface area contributed by atoms with E-state index in [2.05, 4.69) is 17.9 Å². The van der Waals surface area contributed by atoms with Crippen LogP contribution in [-0.4, -0.2) is 5.91 Å². The predicted octanol–water partition coefficient (Wildman–Crippen LogP) is 3.63. The van der Waals surface area contributed by atoms with Gasteiger partial charge < -0.3 is 5.32 Å². The van der Waals surface area contributed by atoms with Crippen LogP contribution in [0.25, 0.3) is 6.08 Å². The van der Waals surface area contributed by atoms with Gasteiger partial charge >= 0.3 is 0 Å². The van der Waals surface area contributed by atoms with Crippen molar-refractivity contribution in [3.05, 3.63) is 66.2 Å². The normalized spacial score (nSPS) is 10.5. The van der Waals surface area contributed by atoms with Crippen LogP contribution in [0.2, 0.25) is 0 Å². The summed E-state index contributed by atoms with van der Waals surface area (Å²) in [7, 11) is 0. The molecule has 0 aromatic heterocycles. The van der Waals surface area contributed by atoms with Crippen molar-refractivity contribution >= 4 is 30.3 Å². The van der Waals surface area contributed by atoms with E-state index in [9.17, 15) is 4.79 Å². The molecule has 0 atom stereocenters. The zero-order chi connectivity index (χ0) is 12.8. The molecule has 18 heavy (non-hydrogen) atoms. The number of rotatable bonds is 3. The Kier molecular flexibility index (Phi) is 4.20. The van der Waals surface area contributed by atoms with Crippen LogP contribution in [0.4, 0.5) is 5.69 Å². The predicted molar refractivity (Wildman–Crippen MR) is 77.8 cm³/mol. The second kappa shape index (κ2) is 6.07. The van der Waals surface area contributed by atoms with E-state index >= 15 is 0 Å². The molecule has 0 aliphatic rings. The molecule has 0 aliphatic carbocycles. The second-order valence-electron chi connectivity index (χ2n) is 3.75. The summed E-state index contributed by atoms with van der Waals surface area (Å²) < 4.78 is 0. The van der Waals surface area contributed by atoms with Crippen LogP contribution in [0.5, 0.6) is 0 Å². The Morgan fingerprint density at radius 3 is 2.39 bits per heavy atom. The number of hydrogen-bond donors (Lipinski definition) is 2. The molecule has 90 valence electrons. The third kappa shape index (κ3) is 3.50. The van der Waals surface area contributed by atoms with Crippen molar-refractivity contribution in [2.75, 3.05) is 5.32 Å². The van der Waals surface area contributed by atoms with Crippen LogP contribution >= 0.6 is 12.6 Å². The Balaban J connectivity index is 2.02. The summed E-state index contributed by atoms with van der Waals surface area (Å²) in [6.45, 7) is 0. The van der Waals surface area contributed by atoms with Crippen molar-refractivity contribution in [1.29, 1.82) is 0 Å². The average Bonchev–Trinajstić information content (AvgIpc) is 2.40.